The van der Waals surface area contributed by atoms with Crippen LogP contribution in [0.25, 0.3) is 11.0 Å². The number of halogens is 4. The van der Waals surface area contributed by atoms with Gasteiger partial charge in [0.15, 0.2) is 0 Å². The summed E-state index contributed by atoms with van der Waals surface area (Å²) < 4.78 is 90.9. The Balaban J connectivity index is 1.08. The van der Waals surface area contributed by atoms with E-state index in [1.165, 1.54) is 23.9 Å². The summed E-state index contributed by atoms with van der Waals surface area (Å²) in [6.07, 6.45) is 1.96. The number of piperidine rings is 1. The zero-order chi connectivity index (χ0) is 46.0. The fourth-order valence-corrected chi connectivity index (χ4v) is 9.52. The van der Waals surface area contributed by atoms with Gasteiger partial charge >= 0.3 is 6.18 Å². The van der Waals surface area contributed by atoms with Gasteiger partial charge in [0, 0.05) is 87.3 Å². The van der Waals surface area contributed by atoms with E-state index in [4.69, 9.17) is 4.74 Å². The van der Waals surface area contributed by atoms with Gasteiger partial charge in [-0.1, -0.05) is 31.6 Å². The molecule has 344 valence electrons. The number of H-pyrrole nitrogens is 1. The number of fused-ring (bicyclic) bond motifs is 1. The topological polar surface area (TPSA) is 166 Å². The predicted octanol–water partition coefficient (Wildman–Crippen LogP) is 8.76. The minimum Gasteiger partial charge on any atom is -0.455 e. The van der Waals surface area contributed by atoms with Crippen molar-refractivity contribution in [2.45, 2.75) is 75.5 Å². The fraction of sp³-hybridized carbons (Fsp3) is 0.467. The van der Waals surface area contributed by atoms with Crippen molar-refractivity contribution >= 4 is 44.0 Å². The lowest BCUT2D eigenvalue weighted by Crippen LogP contribution is -2.47. The third-order valence-corrected chi connectivity index (χ3v) is 13.9. The number of carbonyl (C=O) groups excluding carboxylic acids is 1. The molecule has 2 aromatic heterocycles. The van der Waals surface area contributed by atoms with E-state index in [9.17, 15) is 36.5 Å². The molecule has 1 amide bonds. The summed E-state index contributed by atoms with van der Waals surface area (Å²) in [5.41, 5.74) is 0.487. The number of carbonyl (C=O) groups is 1. The Hall–Kier alpha value is -5.53. The zero-order valence-electron chi connectivity index (χ0n) is 36.2. The van der Waals surface area contributed by atoms with Crippen LogP contribution in [0.1, 0.15) is 69.2 Å². The number of ether oxygens (including phenoxy) is 1. The molecule has 0 spiro atoms. The van der Waals surface area contributed by atoms with Crippen molar-refractivity contribution in [3.8, 4) is 11.5 Å². The molecule has 19 heteroatoms. The number of likely N-dealkylation sites (tertiary alicyclic amines) is 1. The number of rotatable bonds is 15. The number of nitro benzene ring substituents is 1. The van der Waals surface area contributed by atoms with Crippen LogP contribution in [0.3, 0.4) is 0 Å². The standard InChI is InChI=1S/C45H54F4N8O6S/c1-30(45(47,48)49)5-6-32-26-43(2,3)13-11-33(32)28-55-19-21-56(22-20-55)34-7-9-37(40(24-34)63-35-23-31-12-16-50-41(31)51-27-35)42(58)53-64(61,62)36-8-10-38(39(25-36)57(59)60)52-29-44(46)14-17-54(4)18-15-44/h7-10,12,16,23-25,27,52H,1,5-6,11,13-15,17-22,26,28-29H2,2-4H3,(H,50,51)(H,53,58). The predicted molar refractivity (Wildman–Crippen MR) is 237 cm³/mol. The second-order valence-corrected chi connectivity index (χ2v) is 19.6. The number of sulfonamides is 1. The van der Waals surface area contributed by atoms with Gasteiger partial charge in [0.05, 0.1) is 21.6 Å². The van der Waals surface area contributed by atoms with Crippen LogP contribution in [0.4, 0.5) is 34.6 Å². The molecule has 1 aliphatic carbocycles. The lowest BCUT2D eigenvalue weighted by atomic mass is 9.73. The molecule has 64 heavy (non-hydrogen) atoms. The van der Waals surface area contributed by atoms with Crippen LogP contribution >= 0.6 is 0 Å². The summed E-state index contributed by atoms with van der Waals surface area (Å²) in [5, 5.41) is 15.6. The van der Waals surface area contributed by atoms with Crippen LogP contribution in [-0.2, 0) is 10.0 Å². The van der Waals surface area contributed by atoms with Crippen LogP contribution in [0, 0.1) is 15.5 Å². The summed E-state index contributed by atoms with van der Waals surface area (Å²) in [5.74, 6) is -0.741. The van der Waals surface area contributed by atoms with Crippen molar-refractivity contribution in [3.63, 3.8) is 0 Å². The maximum absolute atomic E-state index is 15.4. The first-order chi connectivity index (χ1) is 30.2. The molecule has 0 saturated carbocycles. The lowest BCUT2D eigenvalue weighted by Gasteiger charge is -2.39. The highest BCUT2D eigenvalue weighted by atomic mass is 32.2. The SMILES string of the molecule is C=C(CCC1=C(CN2CCN(c3ccc(C(=O)NS(=O)(=O)c4ccc(NCC5(F)CCN(C)CC5)c([N+](=O)[O-])c4)c(Oc4cnc5[nH]ccc5c4)c3)CC2)CCC(C)(C)C1)C(F)(F)F. The maximum Gasteiger partial charge on any atom is 0.412 e. The molecular formula is C45H54F4N8O6S. The first-order valence-corrected chi connectivity index (χ1v) is 22.8. The number of nitrogens with one attached hydrogen (secondary N) is 3. The molecule has 4 heterocycles. The summed E-state index contributed by atoms with van der Waals surface area (Å²) >= 11 is 0. The van der Waals surface area contributed by atoms with Crippen LogP contribution in [-0.4, -0.2) is 110 Å². The quantitative estimate of drug-likeness (QED) is 0.0452. The number of benzene rings is 2. The van der Waals surface area contributed by atoms with Gasteiger partial charge in [0.1, 0.15) is 28.5 Å². The Morgan fingerprint density at radius 1 is 1.02 bits per heavy atom. The zero-order valence-corrected chi connectivity index (χ0v) is 37.0. The first-order valence-electron chi connectivity index (χ1n) is 21.3. The van der Waals surface area contributed by atoms with Crippen molar-refractivity contribution in [2.24, 2.45) is 5.41 Å². The number of pyridine rings is 1. The van der Waals surface area contributed by atoms with Crippen molar-refractivity contribution < 1.29 is 40.4 Å². The maximum atomic E-state index is 15.4. The second-order valence-electron chi connectivity index (χ2n) is 18.0. The molecule has 0 bridgehead atoms. The van der Waals surface area contributed by atoms with Gasteiger partial charge in [-0.2, -0.15) is 13.2 Å². The third kappa shape index (κ3) is 11.2. The smallest absolute Gasteiger partial charge is 0.412 e. The highest BCUT2D eigenvalue weighted by Gasteiger charge is 2.36. The van der Waals surface area contributed by atoms with E-state index in [0.717, 1.165) is 42.4 Å². The monoisotopic (exact) mass is 910 g/mol. The van der Waals surface area contributed by atoms with E-state index in [1.54, 1.807) is 30.5 Å². The molecule has 2 saturated heterocycles. The number of alkyl halides is 4. The van der Waals surface area contributed by atoms with Crippen molar-refractivity contribution in [2.75, 3.05) is 69.6 Å². The molecule has 0 radical (unpaired) electrons. The summed E-state index contributed by atoms with van der Waals surface area (Å²) in [7, 11) is -2.79. The number of allylic oxidation sites excluding steroid dienone is 2. The van der Waals surface area contributed by atoms with Gasteiger partial charge in [-0.15, -0.1) is 0 Å². The Labute approximate surface area is 369 Å². The molecule has 7 rings (SSSR count). The number of aromatic nitrogens is 2. The lowest BCUT2D eigenvalue weighted by molar-refractivity contribution is -0.384. The molecule has 4 aromatic rings. The fourth-order valence-electron chi connectivity index (χ4n) is 8.54. The Morgan fingerprint density at radius 2 is 1.75 bits per heavy atom. The molecule has 3 N–H and O–H groups in total. The first kappa shape index (κ1) is 46.5. The molecule has 2 fully saturated rings. The molecule has 2 aliphatic heterocycles. The van der Waals surface area contributed by atoms with Gasteiger partial charge in [-0.05, 0) is 93.8 Å². The number of aromatic amines is 1. The van der Waals surface area contributed by atoms with Crippen LogP contribution in [0.15, 0.2) is 89.1 Å². The molecule has 14 nitrogen and oxygen atoms in total. The van der Waals surface area contributed by atoms with Gasteiger partial charge in [0.2, 0.25) is 0 Å². The molecule has 0 unspecified atom stereocenters. The second kappa shape index (κ2) is 18.5. The van der Waals surface area contributed by atoms with Crippen molar-refractivity contribution in [3.05, 3.63) is 99.9 Å². The molecule has 0 atom stereocenters. The largest absolute Gasteiger partial charge is 0.455 e. The van der Waals surface area contributed by atoms with E-state index in [-0.39, 0.29) is 54.0 Å². The summed E-state index contributed by atoms with van der Waals surface area (Å²) in [4.78, 5) is 38.4. The Morgan fingerprint density at radius 3 is 2.45 bits per heavy atom. The average molecular weight is 911 g/mol. The number of anilines is 2. The minimum absolute atomic E-state index is 0.00565. The van der Waals surface area contributed by atoms with Crippen molar-refractivity contribution in [1.29, 1.82) is 0 Å². The average Bonchev–Trinajstić information content (AvgIpc) is 3.72. The van der Waals surface area contributed by atoms with Crippen molar-refractivity contribution in [1.82, 2.24) is 24.5 Å². The van der Waals surface area contributed by atoms with Crippen LogP contribution in [0.5, 0.6) is 11.5 Å². The van der Waals surface area contributed by atoms with E-state index < -0.39 is 48.9 Å². The number of nitrogens with zero attached hydrogens (tertiary/aromatic N) is 5. The molecule has 3 aliphatic rings. The number of hydrogen-bond donors (Lipinski definition) is 3. The Bertz CT molecular complexity index is 2540. The summed E-state index contributed by atoms with van der Waals surface area (Å²) in [6, 6.07) is 11.4. The molecular weight excluding hydrogens is 857 g/mol. The summed E-state index contributed by atoms with van der Waals surface area (Å²) in [6.45, 7) is 11.6. The Kier molecular flexibility index (Phi) is 13.4. The van der Waals surface area contributed by atoms with E-state index in [2.05, 4.69) is 45.5 Å². The van der Waals surface area contributed by atoms with E-state index >= 15 is 4.39 Å². The normalized spacial score (nSPS) is 18.5. The van der Waals surface area contributed by atoms with E-state index in [0.29, 0.717) is 63.6 Å². The molecule has 2 aromatic carbocycles. The highest BCUT2D eigenvalue weighted by molar-refractivity contribution is 7.90. The van der Waals surface area contributed by atoms with E-state index in [1.807, 2.05) is 16.7 Å². The number of amides is 1. The number of nitro groups is 1. The van der Waals surface area contributed by atoms with Crippen LogP contribution in [0.2, 0.25) is 0 Å². The van der Waals surface area contributed by atoms with Gasteiger partial charge in [-0.25, -0.2) is 22.5 Å². The minimum atomic E-state index is -4.68. The van der Waals surface area contributed by atoms with Gasteiger partial charge < -0.3 is 24.8 Å². The van der Waals surface area contributed by atoms with Crippen LogP contribution < -0.4 is 19.7 Å². The third-order valence-electron chi connectivity index (χ3n) is 12.6. The number of piperazine rings is 1. The van der Waals surface area contributed by atoms with Gasteiger partial charge in [0.25, 0.3) is 21.6 Å². The van der Waals surface area contributed by atoms with Gasteiger partial charge in [-0.3, -0.25) is 19.8 Å². The highest BCUT2D eigenvalue weighted by Crippen LogP contribution is 2.42. The number of hydrogen-bond acceptors (Lipinski definition) is 11.